The van der Waals surface area contributed by atoms with Gasteiger partial charge in [-0.25, -0.2) is 4.79 Å². The SMILES string of the molecule is CN1CCN(c2ccc(NC(=O)N(C)Cc3ccccc3)cc2)CC1. The van der Waals surface area contributed by atoms with Crippen LogP contribution in [0.15, 0.2) is 54.6 Å². The van der Waals surface area contributed by atoms with Crippen molar-refractivity contribution in [3.8, 4) is 0 Å². The van der Waals surface area contributed by atoms with Gasteiger partial charge >= 0.3 is 6.03 Å². The second kappa shape index (κ2) is 8.03. The van der Waals surface area contributed by atoms with E-state index in [1.165, 1.54) is 5.69 Å². The van der Waals surface area contributed by atoms with E-state index in [-0.39, 0.29) is 6.03 Å². The first-order valence-electron chi connectivity index (χ1n) is 8.71. The highest BCUT2D eigenvalue weighted by atomic mass is 16.2. The third-order valence-corrected chi connectivity index (χ3v) is 4.60. The molecule has 0 spiro atoms. The Hall–Kier alpha value is -2.53. The van der Waals surface area contributed by atoms with Crippen LogP contribution in [0.3, 0.4) is 0 Å². The maximum Gasteiger partial charge on any atom is 0.321 e. The van der Waals surface area contributed by atoms with Gasteiger partial charge in [0.15, 0.2) is 0 Å². The standard InChI is InChI=1S/C20H26N4O/c1-22-12-14-24(15-13-22)19-10-8-18(9-11-19)21-20(25)23(2)16-17-6-4-3-5-7-17/h3-11H,12-16H2,1-2H3,(H,21,25). The molecule has 1 fully saturated rings. The van der Waals surface area contributed by atoms with Crippen LogP contribution < -0.4 is 10.2 Å². The van der Waals surface area contributed by atoms with Crippen molar-refractivity contribution in [2.75, 3.05) is 50.5 Å². The predicted octanol–water partition coefficient (Wildman–Crippen LogP) is 3.10. The van der Waals surface area contributed by atoms with Crippen molar-refractivity contribution in [3.05, 3.63) is 60.2 Å². The Morgan fingerprint density at radius 3 is 2.28 bits per heavy atom. The largest absolute Gasteiger partial charge is 0.369 e. The smallest absolute Gasteiger partial charge is 0.321 e. The van der Waals surface area contributed by atoms with Gasteiger partial charge in [-0.3, -0.25) is 0 Å². The van der Waals surface area contributed by atoms with E-state index in [0.29, 0.717) is 6.54 Å². The molecule has 0 bridgehead atoms. The molecule has 25 heavy (non-hydrogen) atoms. The zero-order valence-corrected chi connectivity index (χ0v) is 15.0. The molecule has 1 aliphatic heterocycles. The molecule has 2 amide bonds. The lowest BCUT2D eigenvalue weighted by Gasteiger charge is -2.34. The first-order chi connectivity index (χ1) is 12.1. The Labute approximate surface area is 149 Å². The summed E-state index contributed by atoms with van der Waals surface area (Å²) in [5.41, 5.74) is 3.15. The molecular formula is C20H26N4O. The van der Waals surface area contributed by atoms with Crippen LogP contribution in [0, 0.1) is 0 Å². The molecule has 0 aliphatic carbocycles. The molecule has 0 unspecified atom stereocenters. The number of hydrogen-bond acceptors (Lipinski definition) is 3. The fraction of sp³-hybridized carbons (Fsp3) is 0.350. The molecule has 1 heterocycles. The lowest BCUT2D eigenvalue weighted by Crippen LogP contribution is -2.44. The molecule has 0 atom stereocenters. The van der Waals surface area contributed by atoms with Crippen LogP contribution in [0.1, 0.15) is 5.56 Å². The highest BCUT2D eigenvalue weighted by molar-refractivity contribution is 5.89. The van der Waals surface area contributed by atoms with Gasteiger partial charge in [0.1, 0.15) is 0 Å². The van der Waals surface area contributed by atoms with E-state index in [9.17, 15) is 4.79 Å². The van der Waals surface area contributed by atoms with Crippen LogP contribution in [0.2, 0.25) is 0 Å². The van der Waals surface area contributed by atoms with Gasteiger partial charge < -0.3 is 20.0 Å². The normalized spacial score (nSPS) is 15.0. The van der Waals surface area contributed by atoms with Gasteiger partial charge in [0.05, 0.1) is 0 Å². The van der Waals surface area contributed by atoms with Gasteiger partial charge in [0.2, 0.25) is 0 Å². The summed E-state index contributed by atoms with van der Waals surface area (Å²) in [7, 11) is 3.96. The van der Waals surface area contributed by atoms with Gasteiger partial charge in [-0.15, -0.1) is 0 Å². The van der Waals surface area contributed by atoms with Gasteiger partial charge in [-0.05, 0) is 36.9 Å². The monoisotopic (exact) mass is 338 g/mol. The van der Waals surface area contributed by atoms with E-state index in [1.807, 2.05) is 42.5 Å². The second-order valence-corrected chi connectivity index (χ2v) is 6.61. The maximum atomic E-state index is 12.3. The van der Waals surface area contributed by atoms with E-state index >= 15 is 0 Å². The molecule has 2 aromatic carbocycles. The summed E-state index contributed by atoms with van der Waals surface area (Å²) in [5, 5.41) is 2.96. The number of piperazine rings is 1. The molecule has 0 radical (unpaired) electrons. The van der Waals surface area contributed by atoms with E-state index in [1.54, 1.807) is 11.9 Å². The summed E-state index contributed by atoms with van der Waals surface area (Å²) in [4.78, 5) is 18.7. The molecule has 1 aliphatic rings. The summed E-state index contributed by atoms with van der Waals surface area (Å²) in [6.45, 7) is 4.85. The third-order valence-electron chi connectivity index (χ3n) is 4.60. The molecule has 3 rings (SSSR count). The Kier molecular flexibility index (Phi) is 5.56. The van der Waals surface area contributed by atoms with Gasteiger partial charge in [0, 0.05) is 51.1 Å². The number of amides is 2. The number of hydrogen-bond donors (Lipinski definition) is 1. The highest BCUT2D eigenvalue weighted by Crippen LogP contribution is 2.19. The number of rotatable bonds is 4. The number of benzene rings is 2. The van der Waals surface area contributed by atoms with E-state index in [4.69, 9.17) is 0 Å². The first-order valence-corrected chi connectivity index (χ1v) is 8.71. The molecule has 5 heteroatoms. The van der Waals surface area contributed by atoms with Crippen LogP contribution in [0.5, 0.6) is 0 Å². The van der Waals surface area contributed by atoms with E-state index in [0.717, 1.165) is 37.4 Å². The molecule has 1 N–H and O–H groups in total. The fourth-order valence-electron chi connectivity index (χ4n) is 2.97. The summed E-state index contributed by atoms with van der Waals surface area (Å²) in [6.07, 6.45) is 0. The average molecular weight is 338 g/mol. The first kappa shape index (κ1) is 17.3. The Morgan fingerprint density at radius 2 is 1.64 bits per heavy atom. The van der Waals surface area contributed by atoms with Crippen LogP contribution in [-0.4, -0.2) is 56.1 Å². The summed E-state index contributed by atoms with van der Waals surface area (Å²) < 4.78 is 0. The number of likely N-dealkylation sites (N-methyl/N-ethyl adjacent to an activating group) is 1. The Balaban J connectivity index is 1.54. The van der Waals surface area contributed by atoms with Gasteiger partial charge in [0.25, 0.3) is 0 Å². The molecule has 132 valence electrons. The molecule has 0 aromatic heterocycles. The minimum absolute atomic E-state index is 0.101. The second-order valence-electron chi connectivity index (χ2n) is 6.61. The molecule has 5 nitrogen and oxygen atoms in total. The van der Waals surface area contributed by atoms with Crippen LogP contribution in [0.25, 0.3) is 0 Å². The van der Waals surface area contributed by atoms with E-state index in [2.05, 4.69) is 34.3 Å². The van der Waals surface area contributed by atoms with Crippen molar-refractivity contribution in [3.63, 3.8) is 0 Å². The van der Waals surface area contributed by atoms with Crippen LogP contribution in [-0.2, 0) is 6.54 Å². The molecular weight excluding hydrogens is 312 g/mol. The summed E-state index contributed by atoms with van der Waals surface area (Å²) >= 11 is 0. The van der Waals surface area contributed by atoms with Crippen LogP contribution >= 0.6 is 0 Å². The fourth-order valence-corrected chi connectivity index (χ4v) is 2.97. The quantitative estimate of drug-likeness (QED) is 0.931. The zero-order chi connectivity index (χ0) is 17.6. The van der Waals surface area contributed by atoms with Crippen molar-refractivity contribution in [1.29, 1.82) is 0 Å². The Morgan fingerprint density at radius 1 is 1.00 bits per heavy atom. The lowest BCUT2D eigenvalue weighted by atomic mass is 10.2. The van der Waals surface area contributed by atoms with Crippen molar-refractivity contribution in [2.24, 2.45) is 0 Å². The number of anilines is 2. The summed E-state index contributed by atoms with van der Waals surface area (Å²) in [6, 6.07) is 18.0. The molecule has 0 saturated carbocycles. The average Bonchev–Trinajstić information content (AvgIpc) is 2.64. The van der Waals surface area contributed by atoms with Crippen molar-refractivity contribution in [1.82, 2.24) is 9.80 Å². The minimum Gasteiger partial charge on any atom is -0.369 e. The van der Waals surface area contributed by atoms with Crippen molar-refractivity contribution in [2.45, 2.75) is 6.54 Å². The highest BCUT2D eigenvalue weighted by Gasteiger charge is 2.14. The molecule has 1 saturated heterocycles. The maximum absolute atomic E-state index is 12.3. The van der Waals surface area contributed by atoms with Gasteiger partial charge in [-0.2, -0.15) is 0 Å². The van der Waals surface area contributed by atoms with Crippen LogP contribution in [0.4, 0.5) is 16.2 Å². The Bertz CT molecular complexity index is 679. The minimum atomic E-state index is -0.101. The number of nitrogens with zero attached hydrogens (tertiary/aromatic N) is 3. The third kappa shape index (κ3) is 4.73. The predicted molar refractivity (Wildman–Crippen MR) is 103 cm³/mol. The number of urea groups is 1. The summed E-state index contributed by atoms with van der Waals surface area (Å²) in [5.74, 6) is 0. The lowest BCUT2D eigenvalue weighted by molar-refractivity contribution is 0.220. The number of nitrogens with one attached hydrogen (secondary N) is 1. The van der Waals surface area contributed by atoms with Gasteiger partial charge in [-0.1, -0.05) is 30.3 Å². The zero-order valence-electron chi connectivity index (χ0n) is 15.0. The van der Waals surface area contributed by atoms with Crippen molar-refractivity contribution >= 4 is 17.4 Å². The van der Waals surface area contributed by atoms with Crippen molar-refractivity contribution < 1.29 is 4.79 Å². The topological polar surface area (TPSA) is 38.8 Å². The number of carbonyl (C=O) groups excluding carboxylic acids is 1. The van der Waals surface area contributed by atoms with E-state index < -0.39 is 0 Å². The number of carbonyl (C=O) groups is 1. The molecule has 2 aromatic rings.